The molecule has 2 aromatic carbocycles. The van der Waals surface area contributed by atoms with Gasteiger partial charge in [-0.05, 0) is 49.5 Å². The van der Waals surface area contributed by atoms with Crippen molar-refractivity contribution in [3.63, 3.8) is 0 Å². The van der Waals surface area contributed by atoms with E-state index in [1.54, 1.807) is 6.07 Å². The Labute approximate surface area is 154 Å². The van der Waals surface area contributed by atoms with E-state index in [0.29, 0.717) is 16.7 Å². The molecule has 0 bridgehead atoms. The van der Waals surface area contributed by atoms with Crippen LogP contribution in [0.25, 0.3) is 22.3 Å². The van der Waals surface area contributed by atoms with E-state index >= 15 is 0 Å². The normalized spacial score (nSPS) is 15.7. The number of hydrogen-bond donors (Lipinski definition) is 1. The second kappa shape index (κ2) is 6.61. The van der Waals surface area contributed by atoms with E-state index < -0.39 is 0 Å². The van der Waals surface area contributed by atoms with Gasteiger partial charge in [-0.3, -0.25) is 4.79 Å². The Morgan fingerprint density at radius 1 is 1.04 bits per heavy atom. The highest BCUT2D eigenvalue weighted by Gasteiger charge is 2.14. The molecule has 128 valence electrons. The lowest BCUT2D eigenvalue weighted by Crippen LogP contribution is -2.44. The molecule has 0 atom stereocenters. The van der Waals surface area contributed by atoms with Crippen LogP contribution in [0.5, 0.6) is 0 Å². The fourth-order valence-corrected chi connectivity index (χ4v) is 3.50. The third-order valence-electron chi connectivity index (χ3n) is 4.68. The van der Waals surface area contributed by atoms with Gasteiger partial charge in [0.15, 0.2) is 0 Å². The Hall–Kier alpha value is -2.18. The van der Waals surface area contributed by atoms with Gasteiger partial charge in [0.05, 0.1) is 10.9 Å². The van der Waals surface area contributed by atoms with Gasteiger partial charge < -0.3 is 14.8 Å². The molecule has 5 nitrogen and oxygen atoms in total. The quantitative estimate of drug-likeness (QED) is 0.720. The average Bonchev–Trinajstić information content (AvgIpc) is 2.63. The lowest BCUT2D eigenvalue weighted by molar-refractivity contribution is 0.313. The van der Waals surface area contributed by atoms with Gasteiger partial charge in [0.1, 0.15) is 5.82 Å². The molecule has 0 spiro atoms. The minimum atomic E-state index is -0.121. The van der Waals surface area contributed by atoms with Crippen molar-refractivity contribution in [2.75, 3.05) is 38.1 Å². The maximum absolute atomic E-state index is 12.3. The number of piperazine rings is 1. The highest BCUT2D eigenvalue weighted by atomic mass is 79.9. The van der Waals surface area contributed by atoms with Gasteiger partial charge >= 0.3 is 0 Å². The minimum absolute atomic E-state index is 0.121. The summed E-state index contributed by atoms with van der Waals surface area (Å²) in [5.74, 6) is 0.602. The second-order valence-corrected chi connectivity index (χ2v) is 7.33. The molecule has 1 aromatic heterocycles. The van der Waals surface area contributed by atoms with Gasteiger partial charge in [0.2, 0.25) is 0 Å². The molecule has 1 saturated heterocycles. The third-order valence-corrected chi connectivity index (χ3v) is 5.17. The predicted octanol–water partition coefficient (Wildman–Crippen LogP) is 3.10. The summed E-state index contributed by atoms with van der Waals surface area (Å²) in [6.07, 6.45) is 0. The summed E-state index contributed by atoms with van der Waals surface area (Å²) in [7, 11) is 2.15. The molecule has 1 aliphatic heterocycles. The molecule has 0 amide bonds. The highest BCUT2D eigenvalue weighted by molar-refractivity contribution is 9.10. The molecule has 1 N–H and O–H groups in total. The maximum Gasteiger partial charge on any atom is 0.259 e. The van der Waals surface area contributed by atoms with E-state index in [2.05, 4.69) is 54.9 Å². The number of likely N-dealkylation sites (N-methyl/N-ethyl adjacent to an activating group) is 1. The maximum atomic E-state index is 12.3. The molecule has 1 fully saturated rings. The van der Waals surface area contributed by atoms with Crippen LogP contribution in [0.2, 0.25) is 0 Å². The van der Waals surface area contributed by atoms with Gasteiger partial charge in [-0.25, -0.2) is 4.98 Å². The number of nitrogens with zero attached hydrogens (tertiary/aromatic N) is 3. The van der Waals surface area contributed by atoms with Crippen LogP contribution in [0.1, 0.15) is 0 Å². The van der Waals surface area contributed by atoms with E-state index in [1.165, 1.54) is 5.69 Å². The zero-order chi connectivity index (χ0) is 17.4. The third kappa shape index (κ3) is 3.32. The van der Waals surface area contributed by atoms with Crippen LogP contribution in [0, 0.1) is 0 Å². The standard InChI is InChI=1S/C19H19BrN4O/c1-23-8-10-24(11-9-23)15-5-2-13(3-6-15)18-21-17-7-4-14(20)12-16(17)19(25)22-18/h2-7,12H,8-11H2,1H3,(H,21,22,25). The summed E-state index contributed by atoms with van der Waals surface area (Å²) in [5.41, 5.74) is 2.71. The molecule has 25 heavy (non-hydrogen) atoms. The van der Waals surface area contributed by atoms with Crippen molar-refractivity contribution >= 4 is 32.5 Å². The smallest absolute Gasteiger partial charge is 0.259 e. The Morgan fingerprint density at radius 2 is 1.76 bits per heavy atom. The first-order chi connectivity index (χ1) is 12.1. The molecule has 1 aliphatic rings. The fourth-order valence-electron chi connectivity index (χ4n) is 3.14. The second-order valence-electron chi connectivity index (χ2n) is 6.41. The molecule has 0 radical (unpaired) electrons. The molecule has 0 saturated carbocycles. The van der Waals surface area contributed by atoms with Gasteiger partial charge in [-0.15, -0.1) is 0 Å². The van der Waals surface area contributed by atoms with Crippen LogP contribution in [-0.4, -0.2) is 48.1 Å². The van der Waals surface area contributed by atoms with Crippen molar-refractivity contribution in [1.29, 1.82) is 0 Å². The summed E-state index contributed by atoms with van der Waals surface area (Å²) in [6, 6.07) is 13.8. The average molecular weight is 399 g/mol. The van der Waals surface area contributed by atoms with E-state index in [1.807, 2.05) is 24.3 Å². The number of H-pyrrole nitrogens is 1. The molecule has 3 aromatic rings. The van der Waals surface area contributed by atoms with Crippen LogP contribution in [0.4, 0.5) is 5.69 Å². The van der Waals surface area contributed by atoms with E-state index in [0.717, 1.165) is 36.2 Å². The number of nitrogens with one attached hydrogen (secondary N) is 1. The van der Waals surface area contributed by atoms with E-state index in [-0.39, 0.29) is 5.56 Å². The molecule has 0 unspecified atom stereocenters. The molecule has 6 heteroatoms. The summed E-state index contributed by atoms with van der Waals surface area (Å²) in [6.45, 7) is 4.24. The Bertz CT molecular complexity index is 959. The number of halogens is 1. The summed E-state index contributed by atoms with van der Waals surface area (Å²) in [5, 5.41) is 0.590. The first-order valence-electron chi connectivity index (χ1n) is 8.34. The van der Waals surface area contributed by atoms with Crippen molar-refractivity contribution in [2.24, 2.45) is 0 Å². The van der Waals surface area contributed by atoms with Crippen LogP contribution >= 0.6 is 15.9 Å². The number of aromatic amines is 1. The summed E-state index contributed by atoms with van der Waals surface area (Å²) in [4.78, 5) is 24.6. The Balaban J connectivity index is 1.65. The Kier molecular flexibility index (Phi) is 4.31. The first-order valence-corrected chi connectivity index (χ1v) is 9.13. The number of fused-ring (bicyclic) bond motifs is 1. The topological polar surface area (TPSA) is 52.2 Å². The van der Waals surface area contributed by atoms with Crippen LogP contribution < -0.4 is 10.5 Å². The van der Waals surface area contributed by atoms with Crippen LogP contribution in [-0.2, 0) is 0 Å². The number of hydrogen-bond acceptors (Lipinski definition) is 4. The van der Waals surface area contributed by atoms with Gasteiger partial charge in [0, 0.05) is 41.9 Å². The largest absolute Gasteiger partial charge is 0.369 e. The fraction of sp³-hybridized carbons (Fsp3) is 0.263. The molecular weight excluding hydrogens is 380 g/mol. The van der Waals surface area contributed by atoms with Gasteiger partial charge in [0.25, 0.3) is 5.56 Å². The summed E-state index contributed by atoms with van der Waals surface area (Å²) < 4.78 is 0.872. The lowest BCUT2D eigenvalue weighted by Gasteiger charge is -2.34. The number of aromatic nitrogens is 2. The molecule has 2 heterocycles. The van der Waals surface area contributed by atoms with Crippen LogP contribution in [0.15, 0.2) is 51.7 Å². The number of rotatable bonds is 2. The summed E-state index contributed by atoms with van der Waals surface area (Å²) >= 11 is 3.39. The van der Waals surface area contributed by atoms with Crippen molar-refractivity contribution in [3.8, 4) is 11.4 Å². The zero-order valence-electron chi connectivity index (χ0n) is 14.0. The molecular formula is C19H19BrN4O. The van der Waals surface area contributed by atoms with Gasteiger partial charge in [-0.2, -0.15) is 0 Å². The van der Waals surface area contributed by atoms with Crippen LogP contribution in [0.3, 0.4) is 0 Å². The number of anilines is 1. The van der Waals surface area contributed by atoms with Gasteiger partial charge in [-0.1, -0.05) is 15.9 Å². The SMILES string of the molecule is CN1CCN(c2ccc(-c3nc4ccc(Br)cc4c(=O)[nH]3)cc2)CC1. The zero-order valence-corrected chi connectivity index (χ0v) is 15.6. The van der Waals surface area contributed by atoms with E-state index in [9.17, 15) is 4.79 Å². The first kappa shape index (κ1) is 16.3. The van der Waals surface area contributed by atoms with Crippen molar-refractivity contribution in [3.05, 3.63) is 57.3 Å². The molecule has 0 aliphatic carbocycles. The monoisotopic (exact) mass is 398 g/mol. The minimum Gasteiger partial charge on any atom is -0.369 e. The highest BCUT2D eigenvalue weighted by Crippen LogP contribution is 2.23. The molecule has 4 rings (SSSR count). The van der Waals surface area contributed by atoms with Crippen molar-refractivity contribution in [2.45, 2.75) is 0 Å². The Morgan fingerprint density at radius 3 is 2.48 bits per heavy atom. The predicted molar refractivity (Wildman–Crippen MR) is 105 cm³/mol. The van der Waals surface area contributed by atoms with E-state index in [4.69, 9.17) is 0 Å². The van der Waals surface area contributed by atoms with Crippen molar-refractivity contribution < 1.29 is 0 Å². The lowest BCUT2D eigenvalue weighted by atomic mass is 10.1. The van der Waals surface area contributed by atoms with Crippen molar-refractivity contribution in [1.82, 2.24) is 14.9 Å². The number of benzene rings is 2.